The fourth-order valence-corrected chi connectivity index (χ4v) is 2.56. The van der Waals surface area contributed by atoms with Gasteiger partial charge in [-0.05, 0) is 23.3 Å². The highest BCUT2D eigenvalue weighted by Gasteiger charge is 2.31. The van der Waals surface area contributed by atoms with Crippen LogP contribution in [0.2, 0.25) is 0 Å². The van der Waals surface area contributed by atoms with Crippen LogP contribution in [0.4, 0.5) is 11.4 Å². The first-order chi connectivity index (χ1) is 9.18. The zero-order chi connectivity index (χ0) is 13.4. The van der Waals surface area contributed by atoms with Gasteiger partial charge in [0, 0.05) is 25.5 Å². The number of likely N-dealkylation sites (N-methyl/N-ethyl adjacent to an activating group) is 1. The normalized spacial score (nSPS) is 13.2. The Balaban J connectivity index is 2.19. The predicted molar refractivity (Wildman–Crippen MR) is 76.7 cm³/mol. The number of fused-ring (bicyclic) bond motifs is 2. The lowest BCUT2D eigenvalue weighted by Gasteiger charge is -2.30. The predicted octanol–water partition coefficient (Wildman–Crippen LogP) is 2.96. The van der Waals surface area contributed by atoms with Gasteiger partial charge < -0.3 is 10.2 Å². The standard InChI is InChI=1S/C16H16N2O/c1-18(2)16(19)15-11-7-3-5-9-13(11)17-14-10-6-4-8-12(14)15/h3-10,15,17H,1-2H3. The molecule has 1 aliphatic rings. The van der Waals surface area contributed by atoms with Crippen LogP contribution < -0.4 is 5.32 Å². The van der Waals surface area contributed by atoms with E-state index in [1.807, 2.05) is 48.5 Å². The van der Waals surface area contributed by atoms with Crippen LogP contribution in [-0.2, 0) is 4.79 Å². The van der Waals surface area contributed by atoms with E-state index in [1.54, 1.807) is 19.0 Å². The average Bonchev–Trinajstić information content (AvgIpc) is 2.43. The van der Waals surface area contributed by atoms with E-state index in [1.165, 1.54) is 0 Å². The molecule has 0 aromatic heterocycles. The Labute approximate surface area is 112 Å². The van der Waals surface area contributed by atoms with Crippen molar-refractivity contribution in [3.63, 3.8) is 0 Å². The molecule has 3 rings (SSSR count). The number of rotatable bonds is 1. The first-order valence-corrected chi connectivity index (χ1v) is 6.34. The van der Waals surface area contributed by atoms with Crippen molar-refractivity contribution in [3.05, 3.63) is 59.7 Å². The van der Waals surface area contributed by atoms with Gasteiger partial charge in [-0.2, -0.15) is 0 Å². The van der Waals surface area contributed by atoms with E-state index in [9.17, 15) is 4.79 Å². The first kappa shape index (κ1) is 11.8. The molecule has 0 atom stereocenters. The minimum atomic E-state index is -0.219. The number of hydrogen-bond donors (Lipinski definition) is 1. The molecule has 2 aromatic carbocycles. The van der Waals surface area contributed by atoms with Crippen LogP contribution in [0.25, 0.3) is 0 Å². The Morgan fingerprint density at radius 2 is 1.42 bits per heavy atom. The van der Waals surface area contributed by atoms with Crippen LogP contribution in [0.5, 0.6) is 0 Å². The van der Waals surface area contributed by atoms with Gasteiger partial charge in [0.1, 0.15) is 0 Å². The van der Waals surface area contributed by atoms with Gasteiger partial charge in [-0.3, -0.25) is 4.79 Å². The van der Waals surface area contributed by atoms with E-state index in [0.29, 0.717) is 0 Å². The molecule has 1 aliphatic heterocycles. The topological polar surface area (TPSA) is 32.3 Å². The van der Waals surface area contributed by atoms with Crippen molar-refractivity contribution >= 4 is 17.3 Å². The van der Waals surface area contributed by atoms with E-state index in [0.717, 1.165) is 22.5 Å². The summed E-state index contributed by atoms with van der Waals surface area (Å²) in [6.07, 6.45) is 0. The minimum absolute atomic E-state index is 0.112. The summed E-state index contributed by atoms with van der Waals surface area (Å²) >= 11 is 0. The monoisotopic (exact) mass is 252 g/mol. The third-order valence-electron chi connectivity index (χ3n) is 3.50. The van der Waals surface area contributed by atoms with Crippen LogP contribution in [0.3, 0.4) is 0 Å². The molecule has 3 nitrogen and oxygen atoms in total. The SMILES string of the molecule is CN(C)C(=O)C1c2ccccc2Nc2ccccc21. The zero-order valence-electron chi connectivity index (χ0n) is 11.1. The number of amides is 1. The van der Waals surface area contributed by atoms with Crippen LogP contribution in [0.15, 0.2) is 48.5 Å². The first-order valence-electron chi connectivity index (χ1n) is 6.34. The summed E-state index contributed by atoms with van der Waals surface area (Å²) < 4.78 is 0. The molecule has 0 unspecified atom stereocenters. The highest BCUT2D eigenvalue weighted by Crippen LogP contribution is 2.41. The molecule has 0 radical (unpaired) electrons. The Kier molecular flexibility index (Phi) is 2.75. The van der Waals surface area contributed by atoms with Crippen LogP contribution in [0, 0.1) is 0 Å². The molecule has 0 saturated carbocycles. The molecule has 1 amide bonds. The van der Waals surface area contributed by atoms with Crippen molar-refractivity contribution < 1.29 is 4.79 Å². The lowest BCUT2D eigenvalue weighted by molar-refractivity contribution is -0.129. The van der Waals surface area contributed by atoms with Gasteiger partial charge >= 0.3 is 0 Å². The second kappa shape index (κ2) is 4.43. The van der Waals surface area contributed by atoms with Crippen LogP contribution in [-0.4, -0.2) is 24.9 Å². The van der Waals surface area contributed by atoms with E-state index in [2.05, 4.69) is 5.32 Å². The smallest absolute Gasteiger partial charge is 0.234 e. The second-order valence-electron chi connectivity index (χ2n) is 4.97. The molecule has 0 aliphatic carbocycles. The lowest BCUT2D eigenvalue weighted by Crippen LogP contribution is -2.31. The summed E-state index contributed by atoms with van der Waals surface area (Å²) in [5.41, 5.74) is 4.11. The Morgan fingerprint density at radius 1 is 0.947 bits per heavy atom. The fourth-order valence-electron chi connectivity index (χ4n) is 2.56. The molecule has 1 heterocycles. The molecule has 0 spiro atoms. The quantitative estimate of drug-likeness (QED) is 0.846. The Morgan fingerprint density at radius 3 is 1.89 bits per heavy atom. The maximum absolute atomic E-state index is 12.5. The number of carbonyl (C=O) groups excluding carboxylic acids is 1. The molecule has 2 aromatic rings. The van der Waals surface area contributed by atoms with Gasteiger partial charge in [0.25, 0.3) is 0 Å². The molecule has 96 valence electrons. The van der Waals surface area contributed by atoms with Gasteiger partial charge in [-0.25, -0.2) is 0 Å². The third-order valence-corrected chi connectivity index (χ3v) is 3.50. The number of hydrogen-bond acceptors (Lipinski definition) is 2. The highest BCUT2D eigenvalue weighted by atomic mass is 16.2. The maximum atomic E-state index is 12.5. The van der Waals surface area contributed by atoms with Crippen LogP contribution in [0.1, 0.15) is 17.0 Å². The van der Waals surface area contributed by atoms with E-state index < -0.39 is 0 Å². The Bertz CT molecular complexity index is 589. The number of carbonyl (C=O) groups is 1. The second-order valence-corrected chi connectivity index (χ2v) is 4.97. The summed E-state index contributed by atoms with van der Waals surface area (Å²) in [4.78, 5) is 14.2. The van der Waals surface area contributed by atoms with Gasteiger partial charge in [0.15, 0.2) is 0 Å². The third kappa shape index (κ3) is 1.87. The number of para-hydroxylation sites is 2. The van der Waals surface area contributed by atoms with Crippen molar-refractivity contribution in [2.75, 3.05) is 19.4 Å². The van der Waals surface area contributed by atoms with Crippen molar-refractivity contribution in [1.29, 1.82) is 0 Å². The summed E-state index contributed by atoms with van der Waals surface area (Å²) in [6.45, 7) is 0. The lowest BCUT2D eigenvalue weighted by atomic mass is 9.85. The molecule has 0 saturated heterocycles. The number of nitrogens with one attached hydrogen (secondary N) is 1. The van der Waals surface area contributed by atoms with Crippen molar-refractivity contribution in [2.45, 2.75) is 5.92 Å². The molecule has 0 bridgehead atoms. The van der Waals surface area contributed by atoms with E-state index >= 15 is 0 Å². The highest BCUT2D eigenvalue weighted by molar-refractivity contribution is 5.93. The minimum Gasteiger partial charge on any atom is -0.355 e. The zero-order valence-corrected chi connectivity index (χ0v) is 11.1. The molecule has 0 fully saturated rings. The number of nitrogens with zero attached hydrogens (tertiary/aromatic N) is 1. The summed E-state index contributed by atoms with van der Waals surface area (Å²) in [6, 6.07) is 16.0. The average molecular weight is 252 g/mol. The fraction of sp³-hybridized carbons (Fsp3) is 0.188. The Hall–Kier alpha value is -2.29. The van der Waals surface area contributed by atoms with Crippen molar-refractivity contribution in [2.24, 2.45) is 0 Å². The van der Waals surface area contributed by atoms with Crippen molar-refractivity contribution in [3.8, 4) is 0 Å². The molecular weight excluding hydrogens is 236 g/mol. The maximum Gasteiger partial charge on any atom is 0.234 e. The molecule has 1 N–H and O–H groups in total. The van der Waals surface area contributed by atoms with Gasteiger partial charge in [-0.15, -0.1) is 0 Å². The largest absolute Gasteiger partial charge is 0.355 e. The van der Waals surface area contributed by atoms with Crippen molar-refractivity contribution in [1.82, 2.24) is 4.90 Å². The van der Waals surface area contributed by atoms with E-state index in [4.69, 9.17) is 0 Å². The summed E-state index contributed by atoms with van der Waals surface area (Å²) in [5.74, 6) is -0.106. The van der Waals surface area contributed by atoms with E-state index in [-0.39, 0.29) is 11.8 Å². The van der Waals surface area contributed by atoms with Gasteiger partial charge in [0.05, 0.1) is 5.92 Å². The molecule has 19 heavy (non-hydrogen) atoms. The molecule has 3 heteroatoms. The number of benzene rings is 2. The number of anilines is 2. The van der Waals surface area contributed by atoms with Gasteiger partial charge in [0.2, 0.25) is 5.91 Å². The summed E-state index contributed by atoms with van der Waals surface area (Å²) in [5, 5.41) is 3.39. The summed E-state index contributed by atoms with van der Waals surface area (Å²) in [7, 11) is 3.60. The van der Waals surface area contributed by atoms with Gasteiger partial charge in [-0.1, -0.05) is 36.4 Å². The molecular formula is C16H16N2O. The van der Waals surface area contributed by atoms with Crippen LogP contribution >= 0.6 is 0 Å².